The van der Waals surface area contributed by atoms with Crippen molar-refractivity contribution in [3.63, 3.8) is 0 Å². The fourth-order valence-electron chi connectivity index (χ4n) is 2.92. The van der Waals surface area contributed by atoms with Gasteiger partial charge in [-0.25, -0.2) is 18.0 Å². The molecule has 27 heavy (non-hydrogen) atoms. The molecular formula is C19H20F3N3O2. The average molecular weight is 379 g/mol. The Labute approximate surface area is 155 Å². The number of benzene rings is 1. The van der Waals surface area contributed by atoms with Gasteiger partial charge in [0.2, 0.25) is 0 Å². The number of carbonyl (C=O) groups excluding carboxylic acids is 1. The SMILES string of the molecule is O=C(OCc1ccc(F)cc1)N1CC[C@@H](CNc2ccncc2)C(F)(F)C1. The number of piperidine rings is 1. The average Bonchev–Trinajstić information content (AvgIpc) is 2.66. The van der Waals surface area contributed by atoms with E-state index in [-0.39, 0.29) is 26.1 Å². The Bertz CT molecular complexity index is 757. The van der Waals surface area contributed by atoms with Crippen molar-refractivity contribution in [2.24, 2.45) is 5.92 Å². The minimum Gasteiger partial charge on any atom is -0.445 e. The number of ether oxygens (including phenoxy) is 1. The fraction of sp³-hybridized carbons (Fsp3) is 0.368. The highest BCUT2D eigenvalue weighted by Crippen LogP contribution is 2.33. The van der Waals surface area contributed by atoms with Gasteiger partial charge >= 0.3 is 6.09 Å². The van der Waals surface area contributed by atoms with Crippen LogP contribution in [-0.2, 0) is 11.3 Å². The van der Waals surface area contributed by atoms with Crippen molar-refractivity contribution in [1.29, 1.82) is 0 Å². The summed E-state index contributed by atoms with van der Waals surface area (Å²) in [6.45, 7) is -0.470. The highest BCUT2D eigenvalue weighted by molar-refractivity contribution is 5.68. The zero-order valence-electron chi connectivity index (χ0n) is 14.6. The van der Waals surface area contributed by atoms with Gasteiger partial charge in [-0.15, -0.1) is 0 Å². The van der Waals surface area contributed by atoms with Gasteiger partial charge in [0.15, 0.2) is 0 Å². The van der Waals surface area contributed by atoms with Crippen molar-refractivity contribution < 1.29 is 22.7 Å². The molecule has 1 aliphatic rings. The Morgan fingerprint density at radius 3 is 2.59 bits per heavy atom. The number of halogens is 3. The van der Waals surface area contributed by atoms with Crippen molar-refractivity contribution >= 4 is 11.8 Å². The zero-order chi connectivity index (χ0) is 19.3. The summed E-state index contributed by atoms with van der Waals surface area (Å²) in [4.78, 5) is 17.0. The minimum atomic E-state index is -3.02. The summed E-state index contributed by atoms with van der Waals surface area (Å²) >= 11 is 0. The van der Waals surface area contributed by atoms with Gasteiger partial charge in [0.1, 0.15) is 12.4 Å². The molecule has 2 aromatic rings. The van der Waals surface area contributed by atoms with E-state index in [1.165, 1.54) is 24.3 Å². The molecular weight excluding hydrogens is 359 g/mol. The Hall–Kier alpha value is -2.77. The number of likely N-dealkylation sites (tertiary alicyclic amines) is 1. The molecule has 2 heterocycles. The van der Waals surface area contributed by atoms with Crippen molar-refractivity contribution in [2.45, 2.75) is 19.0 Å². The molecule has 0 unspecified atom stereocenters. The van der Waals surface area contributed by atoms with Crippen LogP contribution in [0.5, 0.6) is 0 Å². The summed E-state index contributed by atoms with van der Waals surface area (Å²) in [5.74, 6) is -4.30. The molecule has 0 aliphatic carbocycles. The Balaban J connectivity index is 1.49. The van der Waals surface area contributed by atoms with E-state index in [2.05, 4.69) is 10.3 Å². The van der Waals surface area contributed by atoms with Crippen molar-refractivity contribution in [3.05, 3.63) is 60.2 Å². The molecule has 144 valence electrons. The highest BCUT2D eigenvalue weighted by atomic mass is 19.3. The third-order valence-corrected chi connectivity index (χ3v) is 4.51. The Kier molecular flexibility index (Phi) is 5.83. The van der Waals surface area contributed by atoms with Gasteiger partial charge in [-0.2, -0.15) is 0 Å². The van der Waals surface area contributed by atoms with E-state index in [0.29, 0.717) is 5.56 Å². The molecule has 1 aliphatic heterocycles. The van der Waals surface area contributed by atoms with E-state index in [1.54, 1.807) is 24.5 Å². The largest absolute Gasteiger partial charge is 0.445 e. The van der Waals surface area contributed by atoms with Crippen LogP contribution < -0.4 is 5.32 Å². The van der Waals surface area contributed by atoms with Gasteiger partial charge in [0, 0.05) is 37.1 Å². The highest BCUT2D eigenvalue weighted by Gasteiger charge is 2.46. The summed E-state index contributed by atoms with van der Waals surface area (Å²) in [5.41, 5.74) is 1.31. The standard InChI is InChI=1S/C19H20F3N3O2/c20-16-3-1-14(2-4-16)12-27-18(26)25-10-7-15(19(21,22)13-25)11-24-17-5-8-23-9-6-17/h1-6,8-9,15H,7,10-13H2,(H,23,24)/t15-/m0/s1. The van der Waals surface area contributed by atoms with Gasteiger partial charge in [-0.1, -0.05) is 12.1 Å². The van der Waals surface area contributed by atoms with Crippen LogP contribution in [0.1, 0.15) is 12.0 Å². The van der Waals surface area contributed by atoms with E-state index in [1.807, 2.05) is 0 Å². The maximum atomic E-state index is 14.4. The van der Waals surface area contributed by atoms with Crippen LogP contribution in [-0.4, -0.2) is 41.5 Å². The molecule has 1 amide bonds. The first-order chi connectivity index (χ1) is 12.9. The number of aromatic nitrogens is 1. The van der Waals surface area contributed by atoms with E-state index >= 15 is 0 Å². The molecule has 0 bridgehead atoms. The normalized spacial score (nSPS) is 18.8. The van der Waals surface area contributed by atoms with Crippen LogP contribution >= 0.6 is 0 Å². The van der Waals surface area contributed by atoms with E-state index in [4.69, 9.17) is 4.74 Å². The summed E-state index contributed by atoms with van der Waals surface area (Å²) in [7, 11) is 0. The fourth-order valence-corrected chi connectivity index (χ4v) is 2.92. The van der Waals surface area contributed by atoms with Crippen LogP contribution in [0.25, 0.3) is 0 Å². The quantitative estimate of drug-likeness (QED) is 0.855. The monoisotopic (exact) mass is 379 g/mol. The lowest BCUT2D eigenvalue weighted by atomic mass is 9.93. The third-order valence-electron chi connectivity index (χ3n) is 4.51. The third kappa shape index (κ3) is 5.12. The molecule has 0 saturated carbocycles. The molecule has 0 radical (unpaired) electrons. The lowest BCUT2D eigenvalue weighted by Gasteiger charge is -2.37. The van der Waals surface area contributed by atoms with Crippen LogP contribution in [0.2, 0.25) is 0 Å². The van der Waals surface area contributed by atoms with Crippen LogP contribution in [0.4, 0.5) is 23.7 Å². The maximum absolute atomic E-state index is 14.4. The predicted molar refractivity (Wildman–Crippen MR) is 93.9 cm³/mol. The molecule has 1 atom stereocenters. The van der Waals surface area contributed by atoms with Gasteiger partial charge < -0.3 is 15.0 Å². The number of alkyl halides is 2. The summed E-state index contributed by atoms with van der Waals surface area (Å²) < 4.78 is 46.8. The molecule has 1 aromatic carbocycles. The van der Waals surface area contributed by atoms with Gasteiger partial charge in [-0.05, 0) is 36.2 Å². The van der Waals surface area contributed by atoms with Crippen molar-refractivity contribution in [1.82, 2.24) is 9.88 Å². The molecule has 8 heteroatoms. The summed E-state index contributed by atoms with van der Waals surface area (Å²) in [6.07, 6.45) is 2.54. The molecule has 1 aromatic heterocycles. The number of hydrogen-bond acceptors (Lipinski definition) is 4. The number of carbonyl (C=O) groups is 1. The molecule has 1 fully saturated rings. The van der Waals surface area contributed by atoms with Crippen molar-refractivity contribution in [3.8, 4) is 0 Å². The van der Waals surface area contributed by atoms with Gasteiger partial charge in [0.05, 0.1) is 6.54 Å². The van der Waals surface area contributed by atoms with E-state index in [9.17, 15) is 18.0 Å². The smallest absolute Gasteiger partial charge is 0.410 e. The Morgan fingerprint density at radius 1 is 1.22 bits per heavy atom. The first-order valence-electron chi connectivity index (χ1n) is 8.62. The number of pyridine rings is 1. The first kappa shape index (κ1) is 19.0. The van der Waals surface area contributed by atoms with Gasteiger partial charge in [-0.3, -0.25) is 4.98 Å². The first-order valence-corrected chi connectivity index (χ1v) is 8.62. The second-order valence-corrected chi connectivity index (χ2v) is 6.47. The van der Waals surface area contributed by atoms with Crippen LogP contribution in [0, 0.1) is 11.7 Å². The second-order valence-electron chi connectivity index (χ2n) is 6.47. The number of anilines is 1. The number of nitrogens with zero attached hydrogens (tertiary/aromatic N) is 2. The van der Waals surface area contributed by atoms with E-state index < -0.39 is 30.3 Å². The number of rotatable bonds is 5. The molecule has 3 rings (SSSR count). The predicted octanol–water partition coefficient (Wildman–Crippen LogP) is 3.93. The Morgan fingerprint density at radius 2 is 1.93 bits per heavy atom. The van der Waals surface area contributed by atoms with Crippen LogP contribution in [0.3, 0.4) is 0 Å². The van der Waals surface area contributed by atoms with Gasteiger partial charge in [0.25, 0.3) is 5.92 Å². The molecule has 5 nitrogen and oxygen atoms in total. The molecule has 1 saturated heterocycles. The number of hydrogen-bond donors (Lipinski definition) is 1. The number of amides is 1. The maximum Gasteiger partial charge on any atom is 0.410 e. The topological polar surface area (TPSA) is 54.5 Å². The zero-order valence-corrected chi connectivity index (χ0v) is 14.6. The molecule has 0 spiro atoms. The number of nitrogens with one attached hydrogen (secondary N) is 1. The second kappa shape index (κ2) is 8.28. The lowest BCUT2D eigenvalue weighted by molar-refractivity contribution is -0.101. The summed E-state index contributed by atoms with van der Waals surface area (Å²) in [6, 6.07) is 8.87. The minimum absolute atomic E-state index is 0.0891. The van der Waals surface area contributed by atoms with Crippen molar-refractivity contribution in [2.75, 3.05) is 25.0 Å². The van der Waals surface area contributed by atoms with Crippen LogP contribution in [0.15, 0.2) is 48.8 Å². The van der Waals surface area contributed by atoms with E-state index in [0.717, 1.165) is 10.6 Å². The summed E-state index contributed by atoms with van der Waals surface area (Å²) in [5, 5.41) is 2.98. The molecule has 1 N–H and O–H groups in total. The lowest BCUT2D eigenvalue weighted by Crippen LogP contribution is -2.52.